The lowest BCUT2D eigenvalue weighted by Gasteiger charge is -2.59. The lowest BCUT2D eigenvalue weighted by atomic mass is 9.61. The van der Waals surface area contributed by atoms with Crippen molar-refractivity contribution >= 4 is 17.8 Å². The van der Waals surface area contributed by atoms with Crippen molar-refractivity contribution in [1.82, 2.24) is 29.7 Å². The molecule has 1 aromatic carbocycles. The Labute approximate surface area is 286 Å². The molecule has 1 saturated carbocycles. The van der Waals surface area contributed by atoms with Crippen LogP contribution in [0.1, 0.15) is 61.6 Å². The molecule has 13 heteroatoms. The highest BCUT2D eigenvalue weighted by atomic mass is 19.1. The molecule has 3 aromatic rings. The number of anilines is 1. The maximum Gasteiger partial charge on any atom is 0.409 e. The van der Waals surface area contributed by atoms with Crippen LogP contribution < -0.4 is 14.4 Å². The van der Waals surface area contributed by atoms with E-state index >= 15 is 0 Å². The minimum absolute atomic E-state index is 0.0461. The van der Waals surface area contributed by atoms with Gasteiger partial charge in [0.1, 0.15) is 36.4 Å². The van der Waals surface area contributed by atoms with Gasteiger partial charge in [0.2, 0.25) is 0 Å². The van der Waals surface area contributed by atoms with Gasteiger partial charge in [0.15, 0.2) is 11.6 Å². The third-order valence-electron chi connectivity index (χ3n) is 10.1. The summed E-state index contributed by atoms with van der Waals surface area (Å²) in [5, 5.41) is 0. The lowest BCUT2D eigenvalue weighted by Crippen LogP contribution is -2.65. The topological polar surface area (TPSA) is 113 Å². The maximum atomic E-state index is 14.3. The molecule has 7 rings (SSSR count). The van der Waals surface area contributed by atoms with Crippen LogP contribution in [0.15, 0.2) is 43.0 Å². The van der Waals surface area contributed by atoms with Gasteiger partial charge < -0.3 is 28.9 Å². The number of cyclic esters (lactones) is 1. The Morgan fingerprint density at radius 2 is 1.96 bits per heavy atom. The number of rotatable bonds is 12. The summed E-state index contributed by atoms with van der Waals surface area (Å²) in [7, 11) is 0. The molecule has 5 heterocycles. The smallest absolute Gasteiger partial charge is 0.409 e. The Hall–Kier alpha value is -4.52. The zero-order valence-electron chi connectivity index (χ0n) is 28.4. The molecule has 2 aromatic heterocycles. The van der Waals surface area contributed by atoms with Crippen LogP contribution in [0.5, 0.6) is 17.2 Å². The molecule has 3 aliphatic heterocycles. The van der Waals surface area contributed by atoms with Crippen LogP contribution in [0, 0.1) is 11.2 Å². The monoisotopic (exact) mass is 673 g/mol. The number of fused-ring (bicyclic) bond motifs is 1. The number of aromatic nitrogens is 3. The largest absolute Gasteiger partial charge is 0.490 e. The fourth-order valence-corrected chi connectivity index (χ4v) is 7.62. The summed E-state index contributed by atoms with van der Waals surface area (Å²) in [6.07, 6.45) is 8.52. The molecule has 0 radical (unpaired) electrons. The zero-order valence-corrected chi connectivity index (χ0v) is 28.4. The van der Waals surface area contributed by atoms with E-state index in [0.717, 1.165) is 69.9 Å². The van der Waals surface area contributed by atoms with Crippen LogP contribution in [0.4, 0.5) is 15.0 Å². The highest BCUT2D eigenvalue weighted by Crippen LogP contribution is 2.52. The Morgan fingerprint density at radius 1 is 1.12 bits per heavy atom. The molecular weight excluding hydrogens is 629 g/mol. The molecule has 3 fully saturated rings. The Morgan fingerprint density at radius 3 is 2.71 bits per heavy atom. The van der Waals surface area contributed by atoms with Crippen molar-refractivity contribution in [3.05, 3.63) is 65.6 Å². The van der Waals surface area contributed by atoms with Gasteiger partial charge in [0.25, 0.3) is 5.91 Å². The normalized spacial score (nSPS) is 18.6. The maximum absolute atomic E-state index is 14.3. The molecule has 0 atom stereocenters. The molecule has 1 spiro atoms. The van der Waals surface area contributed by atoms with Gasteiger partial charge in [0, 0.05) is 81.1 Å². The second-order valence-corrected chi connectivity index (χ2v) is 13.9. The van der Waals surface area contributed by atoms with E-state index in [9.17, 15) is 14.0 Å². The quantitative estimate of drug-likeness (QED) is 0.263. The van der Waals surface area contributed by atoms with E-state index < -0.39 is 5.82 Å². The van der Waals surface area contributed by atoms with Gasteiger partial charge >= 0.3 is 6.09 Å². The Kier molecular flexibility index (Phi) is 9.27. The molecular formula is C36H44FN7O5. The number of hydrogen-bond acceptors (Lipinski definition) is 10. The number of hydrogen-bond donors (Lipinski definition) is 0. The predicted octanol–water partition coefficient (Wildman–Crippen LogP) is 4.92. The van der Waals surface area contributed by atoms with Gasteiger partial charge in [-0.1, -0.05) is 0 Å². The molecule has 2 amide bonds. The van der Waals surface area contributed by atoms with Crippen LogP contribution >= 0.6 is 0 Å². The summed E-state index contributed by atoms with van der Waals surface area (Å²) in [6.45, 7) is 12.4. The van der Waals surface area contributed by atoms with Crippen molar-refractivity contribution in [3.8, 4) is 17.2 Å². The van der Waals surface area contributed by atoms with Crippen LogP contribution in [-0.2, 0) is 17.7 Å². The highest BCUT2D eigenvalue weighted by molar-refractivity contribution is 5.97. The number of halogens is 1. The van der Waals surface area contributed by atoms with Gasteiger partial charge in [-0.3, -0.25) is 14.7 Å². The first kappa shape index (κ1) is 33.0. The predicted molar refractivity (Wildman–Crippen MR) is 179 cm³/mol. The van der Waals surface area contributed by atoms with Crippen molar-refractivity contribution < 1.29 is 28.2 Å². The summed E-state index contributed by atoms with van der Waals surface area (Å²) in [5.74, 6) is 1.47. The first-order chi connectivity index (χ1) is 23.7. The van der Waals surface area contributed by atoms with Crippen molar-refractivity contribution in [2.24, 2.45) is 5.41 Å². The van der Waals surface area contributed by atoms with Crippen molar-refractivity contribution in [3.63, 3.8) is 0 Å². The molecule has 2 saturated heterocycles. The summed E-state index contributed by atoms with van der Waals surface area (Å²) in [4.78, 5) is 46.5. The van der Waals surface area contributed by atoms with Crippen LogP contribution in [0.2, 0.25) is 0 Å². The molecule has 1 aliphatic carbocycles. The first-order valence-electron chi connectivity index (χ1n) is 17.3. The van der Waals surface area contributed by atoms with E-state index in [0.29, 0.717) is 37.8 Å². The van der Waals surface area contributed by atoms with Crippen LogP contribution in [0.3, 0.4) is 0 Å². The number of nitrogens with zero attached hydrogens (tertiary/aromatic N) is 7. The van der Waals surface area contributed by atoms with Crippen LogP contribution in [-0.4, -0.2) is 106 Å². The zero-order chi connectivity index (χ0) is 34.1. The van der Waals surface area contributed by atoms with Gasteiger partial charge in [-0.25, -0.2) is 19.2 Å². The third-order valence-corrected chi connectivity index (χ3v) is 10.1. The fourth-order valence-electron chi connectivity index (χ4n) is 7.62. The number of carbonyl (C=O) groups is 2. The average molecular weight is 674 g/mol. The van der Waals surface area contributed by atoms with Crippen molar-refractivity contribution in [2.45, 2.75) is 65.1 Å². The lowest BCUT2D eigenvalue weighted by molar-refractivity contribution is -0.0352. The van der Waals surface area contributed by atoms with E-state index in [2.05, 4.69) is 24.8 Å². The molecule has 0 unspecified atom stereocenters. The summed E-state index contributed by atoms with van der Waals surface area (Å²) in [6, 6.07) is 5.95. The molecule has 49 heavy (non-hydrogen) atoms. The highest BCUT2D eigenvalue weighted by Gasteiger charge is 2.54. The van der Waals surface area contributed by atoms with Crippen LogP contribution in [0.25, 0.3) is 0 Å². The Balaban J connectivity index is 0.952. The standard InChI is InChI=1S/C36H44FN7O5/c1-4-44(24(2)3)34(45)27-16-25(37)6-7-30(27)49-32-19-38-23-40-33(32)43-21-36(22-43)17-26(18-36)48-31-8-10-39-29-9-13-41(20-28(29)31)11-5-12-42-14-15-47-35(42)46/h6-8,10,16,19,23-24,26H,4-5,9,11-15,17-18,20-22H2,1-3H3. The van der Waals surface area contributed by atoms with E-state index in [4.69, 9.17) is 14.2 Å². The molecule has 0 bridgehead atoms. The second-order valence-electron chi connectivity index (χ2n) is 13.9. The van der Waals surface area contributed by atoms with Gasteiger partial charge in [-0.05, 0) is 64.3 Å². The van der Waals surface area contributed by atoms with E-state index in [1.54, 1.807) is 16.0 Å². The number of benzene rings is 1. The van der Waals surface area contributed by atoms with Gasteiger partial charge in [-0.2, -0.15) is 0 Å². The fraction of sp³-hybridized carbons (Fsp3) is 0.528. The van der Waals surface area contributed by atoms with E-state index in [-0.39, 0.29) is 40.9 Å². The minimum Gasteiger partial charge on any atom is -0.490 e. The molecule has 4 aliphatic rings. The molecule has 0 N–H and O–H groups in total. The summed E-state index contributed by atoms with van der Waals surface area (Å²) >= 11 is 0. The molecule has 12 nitrogen and oxygen atoms in total. The number of amides is 2. The SMILES string of the molecule is CCN(C(=O)c1cc(F)ccc1Oc1cncnc1N1CC2(CC(Oc3ccnc4c3CN(CCCN3CCOC3=O)CC4)C2)C1)C(C)C. The number of carbonyl (C=O) groups excluding carboxylic acids is 2. The van der Waals surface area contributed by atoms with E-state index in [1.165, 1.54) is 30.1 Å². The summed E-state index contributed by atoms with van der Waals surface area (Å²) < 4.78 is 32.2. The van der Waals surface area contributed by atoms with Gasteiger partial charge in [0.05, 0.1) is 18.3 Å². The average Bonchev–Trinajstić information content (AvgIpc) is 3.47. The number of ether oxygens (including phenoxy) is 3. The molecule has 260 valence electrons. The van der Waals surface area contributed by atoms with E-state index in [1.807, 2.05) is 33.0 Å². The Bertz CT molecular complexity index is 1690. The second kappa shape index (κ2) is 13.8. The summed E-state index contributed by atoms with van der Waals surface area (Å²) in [5.41, 5.74) is 2.58. The van der Waals surface area contributed by atoms with Crippen molar-refractivity contribution in [2.75, 3.05) is 57.3 Å². The third kappa shape index (κ3) is 6.85. The number of pyridine rings is 1. The van der Waals surface area contributed by atoms with Gasteiger partial charge in [-0.15, -0.1) is 0 Å². The van der Waals surface area contributed by atoms with Crippen molar-refractivity contribution in [1.29, 1.82) is 0 Å². The first-order valence-corrected chi connectivity index (χ1v) is 17.3. The minimum atomic E-state index is -0.501.